The van der Waals surface area contributed by atoms with Crippen LogP contribution in [0.25, 0.3) is 0 Å². The van der Waals surface area contributed by atoms with Crippen LogP contribution in [0.5, 0.6) is 0 Å². The number of anilines is 2. The van der Waals surface area contributed by atoms with Crippen molar-refractivity contribution in [2.24, 2.45) is 0 Å². The summed E-state index contributed by atoms with van der Waals surface area (Å²) in [6.07, 6.45) is 8.08. The molecule has 2 atom stereocenters. The molecule has 2 N–H and O–H groups in total. The van der Waals surface area contributed by atoms with Crippen LogP contribution in [0.2, 0.25) is 5.28 Å². The summed E-state index contributed by atoms with van der Waals surface area (Å²) in [5.74, 6) is 1.13. The van der Waals surface area contributed by atoms with Crippen LogP contribution in [0.1, 0.15) is 39.0 Å². The normalized spacial score (nSPS) is 22.6. The molecule has 0 saturated heterocycles. The van der Waals surface area contributed by atoms with Gasteiger partial charge in [-0.2, -0.15) is 26.7 Å². The molecule has 0 aliphatic heterocycles. The average Bonchev–Trinajstić information content (AvgIpc) is 2.44. The predicted molar refractivity (Wildman–Crippen MR) is 86.8 cm³/mol. The Hall–Kier alpha value is -0.750. The minimum absolute atomic E-state index is 0.235. The van der Waals surface area contributed by atoms with Gasteiger partial charge in [0.2, 0.25) is 17.2 Å². The van der Waals surface area contributed by atoms with E-state index in [9.17, 15) is 0 Å². The van der Waals surface area contributed by atoms with E-state index in [4.69, 9.17) is 11.6 Å². The van der Waals surface area contributed by atoms with Crippen molar-refractivity contribution in [2.45, 2.75) is 50.3 Å². The van der Waals surface area contributed by atoms with Gasteiger partial charge >= 0.3 is 0 Å². The van der Waals surface area contributed by atoms with Gasteiger partial charge in [-0.15, -0.1) is 0 Å². The third kappa shape index (κ3) is 4.66. The number of nitrogens with one attached hydrogen (secondary N) is 2. The highest BCUT2D eigenvalue weighted by Gasteiger charge is 2.22. The molecule has 5 nitrogen and oxygen atoms in total. The van der Waals surface area contributed by atoms with Gasteiger partial charge in [0.1, 0.15) is 0 Å². The molecule has 112 valence electrons. The third-order valence-electron chi connectivity index (χ3n) is 3.43. The molecule has 1 aromatic rings. The lowest BCUT2D eigenvalue weighted by Gasteiger charge is -2.28. The van der Waals surface area contributed by atoms with Crippen molar-refractivity contribution in [1.29, 1.82) is 0 Å². The van der Waals surface area contributed by atoms with Crippen LogP contribution in [0.4, 0.5) is 11.9 Å². The molecule has 1 aliphatic rings. The van der Waals surface area contributed by atoms with Crippen molar-refractivity contribution in [3.05, 3.63) is 5.28 Å². The number of halogens is 1. The standard InChI is InChI=1S/C13H22ClN5S/c1-3-7-15-12-17-11(14)18-13(19-12)16-9-5-4-6-10(8-9)20-2/h9-10H,3-8H2,1-2H3,(H2,15,16,17,18,19). The molecule has 0 spiro atoms. The number of hydrogen-bond donors (Lipinski definition) is 2. The zero-order valence-corrected chi connectivity index (χ0v) is 13.6. The number of aromatic nitrogens is 3. The molecule has 1 heterocycles. The lowest BCUT2D eigenvalue weighted by atomic mass is 9.95. The van der Waals surface area contributed by atoms with Crippen LogP contribution >= 0.6 is 23.4 Å². The van der Waals surface area contributed by atoms with Gasteiger partial charge in [0.25, 0.3) is 0 Å². The first-order valence-corrected chi connectivity index (χ1v) is 8.82. The summed E-state index contributed by atoms with van der Waals surface area (Å²) >= 11 is 7.90. The van der Waals surface area contributed by atoms with Gasteiger partial charge in [-0.1, -0.05) is 13.3 Å². The van der Waals surface area contributed by atoms with E-state index < -0.39 is 0 Å². The molecule has 1 fully saturated rings. The Kier molecular flexibility index (Phi) is 6.16. The summed E-state index contributed by atoms with van der Waals surface area (Å²) in [5, 5.41) is 7.51. The van der Waals surface area contributed by atoms with Gasteiger partial charge in [-0.25, -0.2) is 0 Å². The van der Waals surface area contributed by atoms with E-state index in [1.54, 1.807) is 0 Å². The molecular formula is C13H22ClN5S. The molecule has 20 heavy (non-hydrogen) atoms. The van der Waals surface area contributed by atoms with Crippen LogP contribution in [-0.2, 0) is 0 Å². The molecule has 1 aromatic heterocycles. The maximum absolute atomic E-state index is 5.96. The second kappa shape index (κ2) is 7.88. The van der Waals surface area contributed by atoms with Gasteiger partial charge in [-0.05, 0) is 43.5 Å². The summed E-state index contributed by atoms with van der Waals surface area (Å²) in [4.78, 5) is 12.6. The molecule has 1 saturated carbocycles. The maximum atomic E-state index is 5.96. The van der Waals surface area contributed by atoms with E-state index >= 15 is 0 Å². The van der Waals surface area contributed by atoms with Crippen molar-refractivity contribution in [3.63, 3.8) is 0 Å². The van der Waals surface area contributed by atoms with Crippen molar-refractivity contribution < 1.29 is 0 Å². The average molecular weight is 316 g/mol. The molecule has 0 radical (unpaired) electrons. The zero-order valence-electron chi connectivity index (χ0n) is 12.0. The number of rotatable bonds is 6. The minimum Gasteiger partial charge on any atom is -0.354 e. The molecular weight excluding hydrogens is 294 g/mol. The summed E-state index contributed by atoms with van der Waals surface area (Å²) in [6.45, 7) is 2.93. The highest BCUT2D eigenvalue weighted by molar-refractivity contribution is 7.99. The predicted octanol–water partition coefficient (Wildman–Crippen LogP) is 3.43. The Bertz CT molecular complexity index is 431. The van der Waals surface area contributed by atoms with Crippen LogP contribution in [0.15, 0.2) is 0 Å². The van der Waals surface area contributed by atoms with Gasteiger partial charge in [0.05, 0.1) is 0 Å². The SMILES string of the molecule is CCCNc1nc(Cl)nc(NC2CCCC(SC)C2)n1. The highest BCUT2D eigenvalue weighted by Crippen LogP contribution is 2.28. The second-order valence-electron chi connectivity index (χ2n) is 5.04. The fraction of sp³-hybridized carbons (Fsp3) is 0.769. The lowest BCUT2D eigenvalue weighted by Crippen LogP contribution is -2.29. The van der Waals surface area contributed by atoms with Gasteiger partial charge in [0, 0.05) is 17.8 Å². The molecule has 2 rings (SSSR count). The fourth-order valence-electron chi connectivity index (χ4n) is 2.40. The maximum Gasteiger partial charge on any atom is 0.229 e. The largest absolute Gasteiger partial charge is 0.354 e. The van der Waals surface area contributed by atoms with Crippen LogP contribution in [-0.4, -0.2) is 39.0 Å². The summed E-state index contributed by atoms with van der Waals surface area (Å²) in [6, 6.07) is 0.429. The van der Waals surface area contributed by atoms with Crippen LogP contribution in [0.3, 0.4) is 0 Å². The molecule has 1 aliphatic carbocycles. The van der Waals surface area contributed by atoms with Crippen LogP contribution < -0.4 is 10.6 Å². The number of hydrogen-bond acceptors (Lipinski definition) is 6. The topological polar surface area (TPSA) is 62.7 Å². The second-order valence-corrected chi connectivity index (χ2v) is 6.52. The number of nitrogens with zero attached hydrogens (tertiary/aromatic N) is 3. The molecule has 7 heteroatoms. The minimum atomic E-state index is 0.235. The summed E-state index contributed by atoms with van der Waals surface area (Å²) < 4.78 is 0. The van der Waals surface area contributed by atoms with E-state index in [0.717, 1.165) is 31.1 Å². The monoisotopic (exact) mass is 315 g/mol. The van der Waals surface area contributed by atoms with E-state index in [1.165, 1.54) is 12.8 Å². The van der Waals surface area contributed by atoms with E-state index in [-0.39, 0.29) is 5.28 Å². The first-order valence-electron chi connectivity index (χ1n) is 7.16. The first kappa shape index (κ1) is 15.6. The Labute approximate surface area is 129 Å². The van der Waals surface area contributed by atoms with Crippen molar-refractivity contribution in [3.8, 4) is 0 Å². The molecule has 2 unspecified atom stereocenters. The summed E-state index contributed by atoms with van der Waals surface area (Å²) in [5.41, 5.74) is 0. The molecule has 0 bridgehead atoms. The zero-order chi connectivity index (χ0) is 14.4. The van der Waals surface area contributed by atoms with Crippen LogP contribution in [0, 0.1) is 0 Å². The van der Waals surface area contributed by atoms with Gasteiger partial charge < -0.3 is 10.6 Å². The smallest absolute Gasteiger partial charge is 0.229 e. The molecule has 0 aromatic carbocycles. The Balaban J connectivity index is 1.99. The third-order valence-corrected chi connectivity index (χ3v) is 4.70. The van der Waals surface area contributed by atoms with Gasteiger partial charge in [0.15, 0.2) is 0 Å². The lowest BCUT2D eigenvalue weighted by molar-refractivity contribution is 0.471. The van der Waals surface area contributed by atoms with Crippen molar-refractivity contribution >= 4 is 35.3 Å². The Morgan fingerprint density at radius 2 is 2.05 bits per heavy atom. The number of thioether (sulfide) groups is 1. The quantitative estimate of drug-likeness (QED) is 0.838. The van der Waals surface area contributed by atoms with Crippen molar-refractivity contribution in [2.75, 3.05) is 23.4 Å². The first-order chi connectivity index (χ1) is 9.71. The van der Waals surface area contributed by atoms with Gasteiger partial charge in [-0.3, -0.25) is 0 Å². The Morgan fingerprint density at radius 3 is 2.80 bits per heavy atom. The van der Waals surface area contributed by atoms with E-state index in [2.05, 4.69) is 38.8 Å². The highest BCUT2D eigenvalue weighted by atomic mass is 35.5. The summed E-state index contributed by atoms with van der Waals surface area (Å²) in [7, 11) is 0. The molecule has 0 amide bonds. The van der Waals surface area contributed by atoms with Crippen molar-refractivity contribution in [1.82, 2.24) is 15.0 Å². The Morgan fingerprint density at radius 1 is 1.25 bits per heavy atom. The van der Waals surface area contributed by atoms with E-state index in [0.29, 0.717) is 17.9 Å². The van der Waals surface area contributed by atoms with E-state index in [1.807, 2.05) is 11.8 Å². The fourth-order valence-corrected chi connectivity index (χ4v) is 3.39.